The van der Waals surface area contributed by atoms with E-state index in [0.29, 0.717) is 0 Å². The highest BCUT2D eigenvalue weighted by atomic mass is 15.1. The molecule has 4 heterocycles. The summed E-state index contributed by atoms with van der Waals surface area (Å²) in [6.45, 7) is 0. The highest BCUT2D eigenvalue weighted by Crippen LogP contribution is 2.10. The van der Waals surface area contributed by atoms with Gasteiger partial charge in [0.2, 0.25) is 0 Å². The number of nitrogens with zero attached hydrogens (tertiary/aromatic N) is 6. The first-order chi connectivity index (χ1) is 19.9. The molecule has 0 N–H and O–H groups in total. The van der Waals surface area contributed by atoms with Gasteiger partial charge in [0.05, 0.1) is 28.3 Å². The molecule has 6 heteroatoms. The van der Waals surface area contributed by atoms with Gasteiger partial charge in [-0.05, 0) is 53.2 Å². The summed E-state index contributed by atoms with van der Waals surface area (Å²) in [5, 5.41) is 12.5. The zero-order valence-corrected chi connectivity index (χ0v) is 21.7. The van der Waals surface area contributed by atoms with Gasteiger partial charge in [0, 0.05) is 41.8 Å². The van der Waals surface area contributed by atoms with Crippen LogP contribution in [-0.2, 0) is 0 Å². The molecule has 0 saturated heterocycles. The minimum atomic E-state index is 0.949. The van der Waals surface area contributed by atoms with E-state index >= 15 is 0 Å². The molecule has 0 radical (unpaired) electrons. The molecule has 0 unspecified atom stereocenters. The van der Waals surface area contributed by atoms with Crippen molar-refractivity contribution in [2.75, 3.05) is 0 Å². The van der Waals surface area contributed by atoms with E-state index in [4.69, 9.17) is 0 Å². The molecule has 0 aliphatic heterocycles. The van der Waals surface area contributed by atoms with Crippen LogP contribution in [0.1, 0.15) is 0 Å². The Balaban J connectivity index is 0.000000108. The Kier molecular flexibility index (Phi) is 8.96. The maximum atomic E-state index is 4.18. The Morgan fingerprint density at radius 1 is 0.325 bits per heavy atom. The first kappa shape index (κ1) is 26.0. The summed E-state index contributed by atoms with van der Waals surface area (Å²) in [6, 6.07) is 39.9. The number of hydrogen-bond donors (Lipinski definition) is 0. The van der Waals surface area contributed by atoms with Crippen molar-refractivity contribution in [3.63, 3.8) is 0 Å². The molecule has 0 atom stereocenters. The van der Waals surface area contributed by atoms with E-state index in [1.165, 1.54) is 16.2 Å². The summed E-state index contributed by atoms with van der Waals surface area (Å²) < 4.78 is 0. The van der Waals surface area contributed by atoms with Crippen molar-refractivity contribution in [3.05, 3.63) is 159 Å². The normalized spacial score (nSPS) is 10.0. The van der Waals surface area contributed by atoms with Gasteiger partial charge in [-0.2, -0.15) is 10.2 Å². The number of para-hydroxylation sites is 3. The highest BCUT2D eigenvalue weighted by molar-refractivity contribution is 5.81. The lowest BCUT2D eigenvalue weighted by Gasteiger charge is -1.91. The fourth-order valence-corrected chi connectivity index (χ4v) is 3.88. The average molecular weight is 519 g/mol. The van der Waals surface area contributed by atoms with Gasteiger partial charge >= 0.3 is 0 Å². The Bertz CT molecular complexity index is 1390. The quantitative estimate of drug-likeness (QED) is 0.204. The van der Waals surface area contributed by atoms with Crippen LogP contribution in [0.25, 0.3) is 43.6 Å². The highest BCUT2D eigenvalue weighted by Gasteiger charge is 1.90. The van der Waals surface area contributed by atoms with Gasteiger partial charge in [-0.15, -0.1) is 0 Å². The first-order valence-corrected chi connectivity index (χ1v) is 12.8. The van der Waals surface area contributed by atoms with Gasteiger partial charge in [0.25, 0.3) is 0 Å². The fraction of sp³-hybridized carbons (Fsp3) is 0. The Labute approximate surface area is 232 Å². The van der Waals surface area contributed by atoms with Gasteiger partial charge < -0.3 is 0 Å². The van der Waals surface area contributed by atoms with E-state index in [0.717, 1.165) is 27.5 Å². The van der Waals surface area contributed by atoms with Gasteiger partial charge in [0.1, 0.15) is 0 Å². The summed E-state index contributed by atoms with van der Waals surface area (Å²) in [5.74, 6) is 0. The largest absolute Gasteiger partial charge is 0.264 e. The molecule has 8 aromatic rings. The van der Waals surface area contributed by atoms with E-state index in [1.807, 2.05) is 116 Å². The standard InChI is InChI=1S/2C9H7N.2C8H6N2/c1-2-6-9-8(4-1)5-3-7-10-9;1-2-4-9-7-10-6-5-8(9)3-1;1-2-4-8-7(3-1)9-5-6-10-8;1-2-4-8-7(3-1)5-6-9-10-8/h2*1-7H;2*1-6H. The third-order valence-electron chi connectivity index (χ3n) is 5.86. The second kappa shape index (κ2) is 13.8. The van der Waals surface area contributed by atoms with Crippen LogP contribution in [0.3, 0.4) is 0 Å². The van der Waals surface area contributed by atoms with Crippen LogP contribution in [0.15, 0.2) is 159 Å². The molecule has 0 aliphatic carbocycles. The molecule has 4 aromatic heterocycles. The first-order valence-electron chi connectivity index (χ1n) is 12.8. The lowest BCUT2D eigenvalue weighted by atomic mass is 10.2. The molecule has 0 amide bonds. The smallest absolute Gasteiger partial charge is 0.0929 e. The van der Waals surface area contributed by atoms with E-state index in [-0.39, 0.29) is 0 Å². The second-order valence-electron chi connectivity index (χ2n) is 8.55. The molecule has 8 rings (SSSR count). The van der Waals surface area contributed by atoms with Gasteiger partial charge in [-0.25, -0.2) is 0 Å². The molecular formula is C34H26N6. The average Bonchev–Trinajstić information content (AvgIpc) is 3.06. The minimum Gasteiger partial charge on any atom is -0.264 e. The van der Waals surface area contributed by atoms with Crippen molar-refractivity contribution >= 4 is 43.6 Å². The third kappa shape index (κ3) is 7.24. The molecular weight excluding hydrogens is 492 g/mol. The summed E-state index contributed by atoms with van der Waals surface area (Å²) in [7, 11) is 0. The van der Waals surface area contributed by atoms with E-state index in [2.05, 4.69) is 54.4 Å². The SMILES string of the molecule is c1ccc2cnccc2c1.c1ccc2ncccc2c1.c1ccc2nccnc2c1.c1ccc2nnccc2c1. The Hall–Kier alpha value is -5.62. The molecule has 192 valence electrons. The van der Waals surface area contributed by atoms with Gasteiger partial charge in [-0.3, -0.25) is 19.9 Å². The summed E-state index contributed by atoms with van der Waals surface area (Å²) >= 11 is 0. The summed E-state index contributed by atoms with van der Waals surface area (Å²) in [4.78, 5) is 16.4. The van der Waals surface area contributed by atoms with Crippen molar-refractivity contribution < 1.29 is 0 Å². The number of fused-ring (bicyclic) bond motifs is 4. The molecule has 0 spiro atoms. The van der Waals surface area contributed by atoms with E-state index in [9.17, 15) is 0 Å². The number of aromatic nitrogens is 6. The number of pyridine rings is 2. The fourth-order valence-electron chi connectivity index (χ4n) is 3.88. The summed E-state index contributed by atoms with van der Waals surface area (Å²) in [5.41, 5.74) is 3.91. The molecule has 0 fully saturated rings. The predicted octanol–water partition coefficient (Wildman–Crippen LogP) is 7.73. The molecule has 6 nitrogen and oxygen atoms in total. The zero-order valence-electron chi connectivity index (χ0n) is 21.7. The maximum absolute atomic E-state index is 4.18. The van der Waals surface area contributed by atoms with Crippen LogP contribution in [0.4, 0.5) is 0 Å². The second-order valence-corrected chi connectivity index (χ2v) is 8.55. The van der Waals surface area contributed by atoms with Crippen molar-refractivity contribution in [1.29, 1.82) is 0 Å². The lowest BCUT2D eigenvalue weighted by molar-refractivity contribution is 1.08. The van der Waals surface area contributed by atoms with Crippen molar-refractivity contribution in [2.45, 2.75) is 0 Å². The van der Waals surface area contributed by atoms with Crippen LogP contribution in [-0.4, -0.2) is 30.1 Å². The van der Waals surface area contributed by atoms with Gasteiger partial charge in [0.15, 0.2) is 0 Å². The van der Waals surface area contributed by atoms with Crippen LogP contribution in [0, 0.1) is 0 Å². The zero-order chi connectivity index (χ0) is 27.2. The van der Waals surface area contributed by atoms with Crippen LogP contribution in [0.2, 0.25) is 0 Å². The lowest BCUT2D eigenvalue weighted by Crippen LogP contribution is -1.79. The molecule has 4 aromatic carbocycles. The monoisotopic (exact) mass is 518 g/mol. The van der Waals surface area contributed by atoms with Gasteiger partial charge in [-0.1, -0.05) is 78.9 Å². The molecule has 0 aliphatic rings. The number of benzene rings is 4. The van der Waals surface area contributed by atoms with Crippen LogP contribution in [0.5, 0.6) is 0 Å². The van der Waals surface area contributed by atoms with E-state index in [1.54, 1.807) is 18.6 Å². The van der Waals surface area contributed by atoms with Crippen LogP contribution >= 0.6 is 0 Å². The Morgan fingerprint density at radius 2 is 0.825 bits per heavy atom. The van der Waals surface area contributed by atoms with Crippen molar-refractivity contribution in [1.82, 2.24) is 30.1 Å². The minimum absolute atomic E-state index is 0.949. The number of rotatable bonds is 0. The molecule has 0 saturated carbocycles. The van der Waals surface area contributed by atoms with Crippen molar-refractivity contribution in [2.24, 2.45) is 0 Å². The van der Waals surface area contributed by atoms with Crippen LogP contribution < -0.4 is 0 Å². The number of hydrogen-bond acceptors (Lipinski definition) is 6. The maximum Gasteiger partial charge on any atom is 0.0929 e. The molecule has 40 heavy (non-hydrogen) atoms. The van der Waals surface area contributed by atoms with Crippen molar-refractivity contribution in [3.8, 4) is 0 Å². The predicted molar refractivity (Wildman–Crippen MR) is 163 cm³/mol. The summed E-state index contributed by atoms with van der Waals surface area (Å²) in [6.07, 6.45) is 10.6. The third-order valence-corrected chi connectivity index (χ3v) is 5.86. The van der Waals surface area contributed by atoms with E-state index < -0.39 is 0 Å². The molecule has 0 bridgehead atoms. The topological polar surface area (TPSA) is 77.3 Å². The Morgan fingerprint density at radius 3 is 1.48 bits per heavy atom.